The highest BCUT2D eigenvalue weighted by Crippen LogP contribution is 2.48. The number of pyridine rings is 1. The highest BCUT2D eigenvalue weighted by Gasteiger charge is 2.44. The number of fused-ring (bicyclic) bond motifs is 4. The van der Waals surface area contributed by atoms with Crippen LogP contribution in [0.1, 0.15) is 66.5 Å². The van der Waals surface area contributed by atoms with Crippen molar-refractivity contribution in [3.05, 3.63) is 187 Å². The Kier molecular flexibility index (Phi) is 10.8. The van der Waals surface area contributed by atoms with Crippen LogP contribution < -0.4 is 5.19 Å². The second kappa shape index (κ2) is 16.6. The van der Waals surface area contributed by atoms with E-state index in [2.05, 4.69) is 231 Å². The zero-order valence-corrected chi connectivity index (χ0v) is 39.8. The summed E-state index contributed by atoms with van der Waals surface area (Å²) in [4.78, 5) is 21.0. The van der Waals surface area contributed by atoms with Gasteiger partial charge in [-0.25, -0.2) is 19.9 Å². The van der Waals surface area contributed by atoms with Crippen molar-refractivity contribution in [3.63, 3.8) is 0 Å². The molecule has 0 bridgehead atoms. The first kappa shape index (κ1) is 42.1. The molecule has 0 unspecified atom stereocenters. The zero-order chi connectivity index (χ0) is 45.0. The molecule has 0 spiro atoms. The average Bonchev–Trinajstić information content (AvgIpc) is 3.56. The molecule has 0 radical (unpaired) electrons. The van der Waals surface area contributed by atoms with Gasteiger partial charge in [0.2, 0.25) is 0 Å². The first-order chi connectivity index (χ1) is 31.4. The summed E-state index contributed by atoms with van der Waals surface area (Å²) in [5.74, 6) is 1.76. The van der Waals surface area contributed by atoms with Crippen LogP contribution in [0.25, 0.3) is 89.7 Å². The molecule has 7 aromatic carbocycles. The monoisotopic (exact) mass is 860 g/mol. The van der Waals surface area contributed by atoms with Crippen LogP contribution in [-0.2, 0) is 5.41 Å². The third-order valence-corrected chi connectivity index (χ3v) is 21.5. The maximum atomic E-state index is 5.31. The molecule has 0 saturated heterocycles. The van der Waals surface area contributed by atoms with E-state index in [1.54, 1.807) is 5.19 Å². The van der Waals surface area contributed by atoms with Crippen LogP contribution in [0.4, 0.5) is 0 Å². The molecular weight excluding hydrogens is 805 g/mol. The molecule has 0 saturated carbocycles. The Morgan fingerprint density at radius 1 is 0.369 bits per heavy atom. The van der Waals surface area contributed by atoms with E-state index in [9.17, 15) is 0 Å². The van der Waals surface area contributed by atoms with E-state index in [0.29, 0.717) is 34.1 Å². The second-order valence-electron chi connectivity index (χ2n) is 19.3. The van der Waals surface area contributed by atoms with Gasteiger partial charge in [0.15, 0.2) is 17.5 Å². The SMILES string of the molecule is CC(C)[Si](c1ccc(-c2ccc(-c3cccc(-c4ccccc4-c4nc(-c5ccc6ccccc6c5)nc(-c5ccc6c(n5)-c5ccccc5C6(C)C)n4)c3)cc2)cc1)(C(C)C)C(C)C. The summed E-state index contributed by atoms with van der Waals surface area (Å²) in [6, 6.07) is 63.5. The lowest BCUT2D eigenvalue weighted by atomic mass is 9.83. The van der Waals surface area contributed by atoms with Crippen molar-refractivity contribution in [3.8, 4) is 78.9 Å². The molecular formula is C60H56N4Si. The average molecular weight is 861 g/mol. The van der Waals surface area contributed by atoms with E-state index >= 15 is 0 Å². The topological polar surface area (TPSA) is 51.6 Å². The van der Waals surface area contributed by atoms with Gasteiger partial charge in [-0.05, 0) is 90.1 Å². The van der Waals surface area contributed by atoms with E-state index in [-0.39, 0.29) is 5.41 Å². The third-order valence-electron chi connectivity index (χ3n) is 14.4. The van der Waals surface area contributed by atoms with E-state index < -0.39 is 8.07 Å². The second-order valence-corrected chi connectivity index (χ2v) is 25.2. The van der Waals surface area contributed by atoms with Crippen LogP contribution in [0.15, 0.2) is 176 Å². The molecule has 4 nitrogen and oxygen atoms in total. The summed E-state index contributed by atoms with van der Waals surface area (Å²) >= 11 is 0. The third kappa shape index (κ3) is 7.32. The summed E-state index contributed by atoms with van der Waals surface area (Å²) in [6.45, 7) is 19.2. The molecule has 9 aromatic rings. The number of aromatic nitrogens is 4. The minimum absolute atomic E-state index is 0.150. The minimum atomic E-state index is -1.72. The van der Waals surface area contributed by atoms with E-state index in [4.69, 9.17) is 19.9 Å². The van der Waals surface area contributed by atoms with Gasteiger partial charge in [-0.15, -0.1) is 0 Å². The summed E-state index contributed by atoms with van der Waals surface area (Å²) < 4.78 is 0. The highest BCUT2D eigenvalue weighted by molar-refractivity contribution is 6.95. The van der Waals surface area contributed by atoms with Gasteiger partial charge in [0.25, 0.3) is 0 Å². The summed E-state index contributed by atoms with van der Waals surface area (Å²) in [7, 11) is -1.72. The lowest BCUT2D eigenvalue weighted by Gasteiger charge is -2.43. The maximum Gasteiger partial charge on any atom is 0.182 e. The van der Waals surface area contributed by atoms with Gasteiger partial charge in [-0.3, -0.25) is 0 Å². The van der Waals surface area contributed by atoms with Crippen molar-refractivity contribution in [2.75, 3.05) is 0 Å². The molecule has 1 aliphatic rings. The van der Waals surface area contributed by atoms with E-state index in [0.717, 1.165) is 50.2 Å². The molecule has 2 aromatic heterocycles. The van der Waals surface area contributed by atoms with Gasteiger partial charge in [-0.1, -0.05) is 218 Å². The lowest BCUT2D eigenvalue weighted by Crippen LogP contribution is -2.55. The molecule has 320 valence electrons. The Bertz CT molecular complexity index is 3200. The number of hydrogen-bond donors (Lipinski definition) is 0. The summed E-state index contributed by atoms with van der Waals surface area (Å²) in [6.07, 6.45) is 0. The molecule has 5 heteroatoms. The molecule has 65 heavy (non-hydrogen) atoms. The fraction of sp³-hybridized carbons (Fsp3) is 0.200. The Morgan fingerprint density at radius 3 is 1.60 bits per heavy atom. The fourth-order valence-corrected chi connectivity index (χ4v) is 18.1. The normalized spacial score (nSPS) is 13.2. The van der Waals surface area contributed by atoms with Crippen LogP contribution in [-0.4, -0.2) is 28.0 Å². The molecule has 0 aliphatic heterocycles. The van der Waals surface area contributed by atoms with Gasteiger partial charge in [0, 0.05) is 22.1 Å². The molecule has 1 aliphatic carbocycles. The predicted octanol–water partition coefficient (Wildman–Crippen LogP) is 15.6. The first-order valence-electron chi connectivity index (χ1n) is 23.2. The molecule has 0 atom stereocenters. The first-order valence-corrected chi connectivity index (χ1v) is 25.4. The maximum absolute atomic E-state index is 5.31. The van der Waals surface area contributed by atoms with Gasteiger partial charge in [0.05, 0.1) is 13.8 Å². The smallest absolute Gasteiger partial charge is 0.182 e. The van der Waals surface area contributed by atoms with Crippen LogP contribution in [0.3, 0.4) is 0 Å². The number of rotatable bonds is 10. The minimum Gasteiger partial charge on any atom is -0.244 e. The van der Waals surface area contributed by atoms with Crippen molar-refractivity contribution in [2.24, 2.45) is 0 Å². The Labute approximate surface area is 385 Å². The Morgan fingerprint density at radius 2 is 0.908 bits per heavy atom. The van der Waals surface area contributed by atoms with Crippen molar-refractivity contribution in [2.45, 2.75) is 77.4 Å². The molecule has 0 N–H and O–H groups in total. The summed E-state index contributed by atoms with van der Waals surface area (Å²) in [5.41, 5.74) is 16.1. The standard InChI is InChI=1S/C60H56N4Si/c1-38(2)65(39(3)4,40(5)6)49-32-30-43(31-33-49)42-24-26-44(27-25-42)46-18-15-19-47(36-46)50-20-11-12-21-51(50)58-62-57(48-29-28-41-16-9-10-17-45(41)37-48)63-59(64-58)55-35-34-54-56(61-55)52-22-13-14-23-53(52)60(54,7)8/h9-40H,1-8H3. The molecule has 10 rings (SSSR count). The van der Waals surface area contributed by atoms with Gasteiger partial charge >= 0.3 is 0 Å². The summed E-state index contributed by atoms with van der Waals surface area (Å²) in [5, 5.41) is 3.88. The van der Waals surface area contributed by atoms with E-state index in [1.807, 2.05) is 0 Å². The van der Waals surface area contributed by atoms with Crippen LogP contribution in [0.2, 0.25) is 16.6 Å². The number of hydrogen-bond acceptors (Lipinski definition) is 4. The zero-order valence-electron chi connectivity index (χ0n) is 38.8. The Balaban J connectivity index is 1.02. The van der Waals surface area contributed by atoms with Gasteiger partial charge < -0.3 is 0 Å². The fourth-order valence-electron chi connectivity index (χ4n) is 11.3. The van der Waals surface area contributed by atoms with Gasteiger partial charge in [-0.2, -0.15) is 0 Å². The van der Waals surface area contributed by atoms with Crippen LogP contribution >= 0.6 is 0 Å². The lowest BCUT2D eigenvalue weighted by molar-refractivity contribution is 0.659. The Hall–Kier alpha value is -6.82. The highest BCUT2D eigenvalue weighted by atomic mass is 28.3. The van der Waals surface area contributed by atoms with Crippen LogP contribution in [0.5, 0.6) is 0 Å². The number of benzene rings is 7. The largest absolute Gasteiger partial charge is 0.244 e. The predicted molar refractivity (Wildman–Crippen MR) is 276 cm³/mol. The molecule has 2 heterocycles. The van der Waals surface area contributed by atoms with Crippen molar-refractivity contribution >= 4 is 24.0 Å². The van der Waals surface area contributed by atoms with Crippen molar-refractivity contribution < 1.29 is 0 Å². The number of nitrogens with zero attached hydrogens (tertiary/aromatic N) is 4. The van der Waals surface area contributed by atoms with Crippen LogP contribution in [0, 0.1) is 0 Å². The van der Waals surface area contributed by atoms with Gasteiger partial charge in [0.1, 0.15) is 5.69 Å². The van der Waals surface area contributed by atoms with E-state index in [1.165, 1.54) is 33.2 Å². The van der Waals surface area contributed by atoms with Crippen molar-refractivity contribution in [1.82, 2.24) is 19.9 Å². The molecule has 0 amide bonds. The molecule has 0 fully saturated rings. The van der Waals surface area contributed by atoms with Crippen molar-refractivity contribution in [1.29, 1.82) is 0 Å². The quantitative estimate of drug-likeness (QED) is 0.129.